The SMILES string of the molecule is CCCCC1=C[Si@@](C)(C(C)(C)C)c2ccccc2[Si@]1(C)C(C)(C)C. The van der Waals surface area contributed by atoms with Gasteiger partial charge in [0.2, 0.25) is 0 Å². The van der Waals surface area contributed by atoms with Crippen molar-refractivity contribution in [1.82, 2.24) is 0 Å². The highest BCUT2D eigenvalue weighted by molar-refractivity contribution is 7.10. The second kappa shape index (κ2) is 6.28. The molecule has 1 aromatic carbocycles. The van der Waals surface area contributed by atoms with E-state index < -0.39 is 16.1 Å². The summed E-state index contributed by atoms with van der Waals surface area (Å²) < 4.78 is 0. The average Bonchev–Trinajstić information content (AvgIpc) is 2.47. The van der Waals surface area contributed by atoms with Crippen molar-refractivity contribution in [2.75, 3.05) is 0 Å². The van der Waals surface area contributed by atoms with Crippen molar-refractivity contribution in [3.63, 3.8) is 0 Å². The fraction of sp³-hybridized carbons (Fsp3) is 0.636. The van der Waals surface area contributed by atoms with Gasteiger partial charge in [-0.15, -0.1) is 0 Å². The first kappa shape index (κ1) is 19.7. The minimum Gasteiger partial charge on any atom is -0.0940 e. The van der Waals surface area contributed by atoms with E-state index in [1.54, 1.807) is 10.4 Å². The first-order valence-corrected chi connectivity index (χ1v) is 14.8. The molecule has 0 spiro atoms. The van der Waals surface area contributed by atoms with E-state index in [0.29, 0.717) is 10.1 Å². The molecule has 134 valence electrons. The highest BCUT2D eigenvalue weighted by Crippen LogP contribution is 2.47. The zero-order valence-electron chi connectivity index (χ0n) is 17.5. The van der Waals surface area contributed by atoms with E-state index in [-0.39, 0.29) is 0 Å². The molecule has 0 saturated heterocycles. The topological polar surface area (TPSA) is 0 Å². The lowest BCUT2D eigenvalue weighted by atomic mass is 10.2. The summed E-state index contributed by atoms with van der Waals surface area (Å²) in [6.07, 6.45) is 3.94. The van der Waals surface area contributed by atoms with Crippen LogP contribution in [0.1, 0.15) is 67.7 Å². The van der Waals surface area contributed by atoms with Gasteiger partial charge in [-0.3, -0.25) is 0 Å². The Balaban J connectivity index is 2.81. The molecule has 0 fully saturated rings. The van der Waals surface area contributed by atoms with E-state index in [4.69, 9.17) is 0 Å². The van der Waals surface area contributed by atoms with Crippen molar-refractivity contribution < 1.29 is 0 Å². The second-order valence-corrected chi connectivity index (χ2v) is 19.8. The van der Waals surface area contributed by atoms with Crippen molar-refractivity contribution in [3.05, 3.63) is 35.2 Å². The molecule has 0 saturated carbocycles. The third-order valence-corrected chi connectivity index (χ3v) is 19.3. The van der Waals surface area contributed by atoms with E-state index >= 15 is 0 Å². The van der Waals surface area contributed by atoms with E-state index in [9.17, 15) is 0 Å². The van der Waals surface area contributed by atoms with Crippen LogP contribution in [-0.4, -0.2) is 16.1 Å². The molecule has 1 aliphatic rings. The van der Waals surface area contributed by atoms with E-state index in [1.165, 1.54) is 19.3 Å². The third kappa shape index (κ3) is 2.90. The molecule has 0 bridgehead atoms. The normalized spacial score (nSPS) is 27.6. The van der Waals surface area contributed by atoms with Crippen molar-refractivity contribution >= 4 is 26.5 Å². The Bertz CT molecular complexity index is 630. The van der Waals surface area contributed by atoms with Crippen LogP contribution in [-0.2, 0) is 0 Å². The predicted molar refractivity (Wildman–Crippen MR) is 116 cm³/mol. The third-order valence-electron chi connectivity index (χ3n) is 6.99. The molecule has 0 radical (unpaired) electrons. The molecule has 1 aliphatic heterocycles. The maximum atomic E-state index is 2.85. The summed E-state index contributed by atoms with van der Waals surface area (Å²) in [5.41, 5.74) is 2.85. The van der Waals surface area contributed by atoms with Crippen LogP contribution in [0.4, 0.5) is 0 Å². The summed E-state index contributed by atoms with van der Waals surface area (Å²) in [4.78, 5) is 0. The standard InChI is InChI=1S/C22H38Si2/c1-10-11-14-18-17-23(8,21(2,3)4)19-15-12-13-16-20(19)24(18,9)22(5,6)7/h12-13,15-17H,10-11,14H2,1-9H3/t23-,24-/m1/s1. The smallest absolute Gasteiger partial charge is 0.0940 e. The largest absolute Gasteiger partial charge is 0.114 e. The van der Waals surface area contributed by atoms with Gasteiger partial charge in [-0.25, -0.2) is 0 Å². The lowest BCUT2D eigenvalue weighted by Crippen LogP contribution is -2.70. The Kier molecular flexibility index (Phi) is 5.16. The van der Waals surface area contributed by atoms with E-state index in [1.807, 2.05) is 5.20 Å². The summed E-state index contributed by atoms with van der Waals surface area (Å²) in [5.74, 6) is 0. The van der Waals surface area contributed by atoms with Crippen LogP contribution in [0.25, 0.3) is 0 Å². The molecule has 0 aromatic heterocycles. The molecule has 2 atom stereocenters. The van der Waals surface area contributed by atoms with Gasteiger partial charge in [0, 0.05) is 0 Å². The fourth-order valence-electron chi connectivity index (χ4n) is 4.31. The Hall–Kier alpha value is -0.606. The van der Waals surface area contributed by atoms with Crippen molar-refractivity contribution in [3.8, 4) is 0 Å². The summed E-state index contributed by atoms with van der Waals surface area (Å²) >= 11 is 0. The maximum absolute atomic E-state index is 2.85. The Labute approximate surface area is 152 Å². The molecule has 1 aromatic rings. The molecule has 24 heavy (non-hydrogen) atoms. The molecule has 0 aliphatic carbocycles. The number of hydrogen-bond donors (Lipinski definition) is 0. The van der Waals surface area contributed by atoms with Gasteiger partial charge in [0.05, 0.1) is 0 Å². The lowest BCUT2D eigenvalue weighted by Gasteiger charge is -2.52. The van der Waals surface area contributed by atoms with Gasteiger partial charge >= 0.3 is 0 Å². The summed E-state index contributed by atoms with van der Waals surface area (Å²) in [6, 6.07) is 9.52. The predicted octanol–water partition coefficient (Wildman–Crippen LogP) is 6.07. The number of hydrogen-bond acceptors (Lipinski definition) is 0. The van der Waals surface area contributed by atoms with Crippen LogP contribution in [0.3, 0.4) is 0 Å². The van der Waals surface area contributed by atoms with Gasteiger partial charge in [0.1, 0.15) is 16.1 Å². The zero-order valence-corrected chi connectivity index (χ0v) is 19.5. The van der Waals surface area contributed by atoms with Gasteiger partial charge in [-0.05, 0) is 16.5 Å². The van der Waals surface area contributed by atoms with Gasteiger partial charge < -0.3 is 0 Å². The van der Waals surface area contributed by atoms with Crippen molar-refractivity contribution in [2.24, 2.45) is 0 Å². The highest BCUT2D eigenvalue weighted by Gasteiger charge is 2.53. The van der Waals surface area contributed by atoms with Gasteiger partial charge in [-0.1, -0.05) is 120 Å². The van der Waals surface area contributed by atoms with Gasteiger partial charge in [0.15, 0.2) is 0 Å². The molecule has 2 heteroatoms. The van der Waals surface area contributed by atoms with Crippen LogP contribution in [0, 0.1) is 0 Å². The summed E-state index contributed by atoms with van der Waals surface area (Å²) in [5, 5.41) is 6.03. The number of fused-ring (bicyclic) bond motifs is 1. The van der Waals surface area contributed by atoms with Gasteiger partial charge in [-0.2, -0.15) is 0 Å². The van der Waals surface area contributed by atoms with Crippen LogP contribution < -0.4 is 10.4 Å². The fourth-order valence-corrected chi connectivity index (χ4v) is 15.0. The van der Waals surface area contributed by atoms with E-state index in [0.717, 1.165) is 0 Å². The van der Waals surface area contributed by atoms with Crippen molar-refractivity contribution in [2.45, 2.75) is 90.9 Å². The molecular formula is C22H38Si2. The Morgan fingerprint density at radius 1 is 0.833 bits per heavy atom. The van der Waals surface area contributed by atoms with Crippen LogP contribution >= 0.6 is 0 Å². The molecular weight excluding hydrogens is 320 g/mol. The van der Waals surface area contributed by atoms with Gasteiger partial charge in [0.25, 0.3) is 0 Å². The Morgan fingerprint density at radius 3 is 1.83 bits per heavy atom. The van der Waals surface area contributed by atoms with Crippen molar-refractivity contribution in [1.29, 1.82) is 0 Å². The first-order valence-electron chi connectivity index (χ1n) is 9.72. The molecule has 0 unspecified atom stereocenters. The number of benzene rings is 1. The highest BCUT2D eigenvalue weighted by atomic mass is 28.3. The molecule has 0 N–H and O–H groups in total. The number of rotatable bonds is 3. The quantitative estimate of drug-likeness (QED) is 0.575. The minimum atomic E-state index is -1.70. The number of allylic oxidation sites excluding steroid dienone is 1. The minimum absolute atomic E-state index is 0.355. The van der Waals surface area contributed by atoms with Crippen LogP contribution in [0.15, 0.2) is 35.2 Å². The number of unbranched alkanes of at least 4 members (excludes halogenated alkanes) is 1. The molecule has 0 nitrogen and oxygen atoms in total. The molecule has 1 heterocycles. The monoisotopic (exact) mass is 358 g/mol. The van der Waals surface area contributed by atoms with Crippen LogP contribution in [0.5, 0.6) is 0 Å². The zero-order chi connectivity index (χ0) is 18.4. The maximum Gasteiger partial charge on any atom is 0.114 e. The average molecular weight is 359 g/mol. The van der Waals surface area contributed by atoms with E-state index in [2.05, 4.69) is 91.5 Å². The summed E-state index contributed by atoms with van der Waals surface area (Å²) in [7, 11) is -3.36. The molecule has 0 amide bonds. The first-order chi connectivity index (χ1) is 10.9. The van der Waals surface area contributed by atoms with Crippen LogP contribution in [0.2, 0.25) is 23.2 Å². The Morgan fingerprint density at radius 2 is 1.38 bits per heavy atom. The second-order valence-electron chi connectivity index (χ2n) is 10.1. The molecule has 2 rings (SSSR count). The summed E-state index contributed by atoms with van der Waals surface area (Å²) in [6.45, 7) is 22.4. The lowest BCUT2D eigenvalue weighted by molar-refractivity contribution is 0.713.